The van der Waals surface area contributed by atoms with Crippen LogP contribution in [-0.4, -0.2) is 73.7 Å². The molecule has 1 saturated heterocycles. The van der Waals surface area contributed by atoms with Crippen LogP contribution in [0.1, 0.15) is 25.2 Å². The maximum Gasteiger partial charge on any atom is 0.409 e. The highest BCUT2D eigenvalue weighted by Crippen LogP contribution is 2.33. The Morgan fingerprint density at radius 1 is 1.21 bits per heavy atom. The maximum atomic E-state index is 12.7. The van der Waals surface area contributed by atoms with Crippen LogP contribution in [-0.2, 0) is 22.3 Å². The number of anilines is 1. The van der Waals surface area contributed by atoms with Crippen molar-refractivity contribution in [2.45, 2.75) is 38.8 Å². The lowest BCUT2D eigenvalue weighted by Crippen LogP contribution is -2.36. The number of hydrogen-bond acceptors (Lipinski definition) is 7. The van der Waals surface area contributed by atoms with Gasteiger partial charge in [0.2, 0.25) is 0 Å². The van der Waals surface area contributed by atoms with E-state index in [0.717, 1.165) is 22.6 Å². The van der Waals surface area contributed by atoms with Crippen molar-refractivity contribution in [3.63, 3.8) is 0 Å². The quantitative estimate of drug-likeness (QED) is 0.577. The number of aromatic nitrogens is 2. The van der Waals surface area contributed by atoms with E-state index in [4.69, 9.17) is 35.8 Å². The number of likely N-dealkylation sites (tertiary alicyclic amines) is 1. The summed E-state index contributed by atoms with van der Waals surface area (Å²) in [6, 6.07) is 5.19. The number of halogens is 2. The van der Waals surface area contributed by atoms with Gasteiger partial charge in [-0.3, -0.25) is 0 Å². The first-order chi connectivity index (χ1) is 15.9. The highest BCUT2D eigenvalue weighted by atomic mass is 35.5. The normalized spacial score (nSPS) is 17.8. The van der Waals surface area contributed by atoms with Crippen LogP contribution in [0.2, 0.25) is 5.02 Å². The Hall–Kier alpha value is -2.65. The topological polar surface area (TPSA) is 85.8 Å². The number of aryl methyl sites for hydroxylation is 2. The molecule has 0 aliphatic carbocycles. The Bertz CT molecular complexity index is 978. The molecule has 2 atom stereocenters. The van der Waals surface area contributed by atoms with Gasteiger partial charge in [-0.1, -0.05) is 25.4 Å². The summed E-state index contributed by atoms with van der Waals surface area (Å²) < 4.78 is 28.5. The van der Waals surface area contributed by atoms with E-state index in [1.54, 1.807) is 13.2 Å². The summed E-state index contributed by atoms with van der Waals surface area (Å²) in [6.07, 6.45) is 0.425. The first kappa shape index (κ1) is 25.0. The maximum absolute atomic E-state index is 12.7. The van der Waals surface area contributed by atoms with Crippen molar-refractivity contribution in [1.82, 2.24) is 14.9 Å². The van der Waals surface area contributed by atoms with Gasteiger partial charge in [0.1, 0.15) is 18.2 Å². The van der Waals surface area contributed by atoms with E-state index in [1.165, 1.54) is 12.0 Å². The molecule has 8 nitrogen and oxygen atoms in total. The smallest absolute Gasteiger partial charge is 0.409 e. The number of rotatable bonds is 9. The highest BCUT2D eigenvalue weighted by molar-refractivity contribution is 6.33. The molecule has 0 bridgehead atoms. The van der Waals surface area contributed by atoms with Gasteiger partial charge in [0, 0.05) is 12.1 Å². The second kappa shape index (κ2) is 11.5. The largest absolute Gasteiger partial charge is 0.497 e. The van der Waals surface area contributed by atoms with Crippen LogP contribution in [0.4, 0.5) is 15.0 Å². The van der Waals surface area contributed by atoms with Crippen molar-refractivity contribution in [3.8, 4) is 17.0 Å². The Balaban J connectivity index is 1.93. The zero-order valence-corrected chi connectivity index (χ0v) is 20.1. The van der Waals surface area contributed by atoms with E-state index in [9.17, 15) is 9.18 Å². The molecule has 3 rings (SSSR count). The van der Waals surface area contributed by atoms with Gasteiger partial charge in [-0.15, -0.1) is 0 Å². The second-order valence-electron chi connectivity index (χ2n) is 7.59. The number of benzene rings is 1. The molecule has 1 N–H and O–H groups in total. The van der Waals surface area contributed by atoms with E-state index in [0.29, 0.717) is 42.5 Å². The molecule has 1 fully saturated rings. The van der Waals surface area contributed by atoms with Crippen molar-refractivity contribution in [3.05, 3.63) is 34.6 Å². The molecule has 0 radical (unpaired) electrons. The van der Waals surface area contributed by atoms with Crippen LogP contribution in [0.3, 0.4) is 0 Å². The third-order valence-electron chi connectivity index (χ3n) is 5.57. The summed E-state index contributed by atoms with van der Waals surface area (Å²) in [4.78, 5) is 23.3. The number of nitrogens with zero attached hydrogens (tertiary/aromatic N) is 3. The zero-order valence-electron chi connectivity index (χ0n) is 19.4. The van der Waals surface area contributed by atoms with Gasteiger partial charge in [-0.05, 0) is 31.0 Å². The number of alkyl halides is 1. The monoisotopic (exact) mass is 480 g/mol. The fourth-order valence-electron chi connectivity index (χ4n) is 3.88. The molecule has 0 saturated carbocycles. The highest BCUT2D eigenvalue weighted by Gasteiger charge is 2.37. The van der Waals surface area contributed by atoms with Crippen LogP contribution < -0.4 is 10.1 Å². The lowest BCUT2D eigenvalue weighted by molar-refractivity contribution is 0.0443. The van der Waals surface area contributed by atoms with Gasteiger partial charge in [0.05, 0.1) is 61.6 Å². The number of carbonyl (C=O) groups is 1. The Labute approximate surface area is 198 Å². The van der Waals surface area contributed by atoms with Crippen molar-refractivity contribution in [2.24, 2.45) is 0 Å². The Morgan fingerprint density at radius 2 is 1.97 bits per heavy atom. The molecule has 10 heteroatoms. The van der Waals surface area contributed by atoms with E-state index in [-0.39, 0.29) is 12.6 Å². The fourth-order valence-corrected chi connectivity index (χ4v) is 4.14. The average Bonchev–Trinajstić information content (AvgIpc) is 3.24. The minimum atomic E-state index is -0.598. The molecule has 2 heterocycles. The predicted octanol–water partition coefficient (Wildman–Crippen LogP) is 4.15. The third-order valence-corrected chi connectivity index (χ3v) is 5.88. The standard InChI is InChI=1S/C23H30ClFN4O4/c1-5-17-21(15-8-7-14(31-3)11-16(15)24)26-18(6-2)22(27-17)28-19-12-29(23(30)32-4)13-20(19)33-10-9-25/h7-8,11,19-20H,5-6,9-10,12-13H2,1-4H3,(H,27,28). The lowest BCUT2D eigenvalue weighted by Gasteiger charge is -2.22. The second-order valence-corrected chi connectivity index (χ2v) is 8.00. The number of hydrogen-bond donors (Lipinski definition) is 1. The Morgan fingerprint density at radius 3 is 2.58 bits per heavy atom. The molecule has 2 aromatic rings. The van der Waals surface area contributed by atoms with Gasteiger partial charge in [-0.2, -0.15) is 0 Å². The van der Waals surface area contributed by atoms with Crippen LogP contribution in [0.25, 0.3) is 11.3 Å². The predicted molar refractivity (Wildman–Crippen MR) is 125 cm³/mol. The number of amides is 1. The van der Waals surface area contributed by atoms with Crippen LogP contribution >= 0.6 is 11.6 Å². The zero-order chi connectivity index (χ0) is 24.0. The lowest BCUT2D eigenvalue weighted by atomic mass is 10.1. The molecule has 1 aliphatic rings. The van der Waals surface area contributed by atoms with E-state index in [1.807, 2.05) is 26.0 Å². The summed E-state index contributed by atoms with van der Waals surface area (Å²) in [7, 11) is 2.92. The summed E-state index contributed by atoms with van der Waals surface area (Å²) in [5.74, 6) is 1.28. The molecule has 2 unspecified atom stereocenters. The molecular formula is C23H30ClFN4O4. The minimum absolute atomic E-state index is 0.0424. The molecule has 33 heavy (non-hydrogen) atoms. The molecule has 1 aromatic heterocycles. The molecule has 0 spiro atoms. The van der Waals surface area contributed by atoms with Gasteiger partial charge in [0.25, 0.3) is 0 Å². The van der Waals surface area contributed by atoms with Gasteiger partial charge < -0.3 is 24.4 Å². The molecule has 1 amide bonds. The van der Waals surface area contributed by atoms with Gasteiger partial charge >= 0.3 is 6.09 Å². The van der Waals surface area contributed by atoms with Crippen molar-refractivity contribution >= 4 is 23.5 Å². The summed E-state index contributed by atoms with van der Waals surface area (Å²) in [5.41, 5.74) is 3.05. The first-order valence-electron chi connectivity index (χ1n) is 11.0. The minimum Gasteiger partial charge on any atom is -0.497 e. The fraction of sp³-hybridized carbons (Fsp3) is 0.522. The van der Waals surface area contributed by atoms with Crippen molar-refractivity contribution < 1.29 is 23.4 Å². The van der Waals surface area contributed by atoms with E-state index >= 15 is 0 Å². The van der Waals surface area contributed by atoms with Crippen LogP contribution in [0.5, 0.6) is 5.75 Å². The summed E-state index contributed by atoms with van der Waals surface area (Å²) in [5, 5.41) is 3.92. The molecule has 180 valence electrons. The average molecular weight is 481 g/mol. The number of ether oxygens (including phenoxy) is 3. The van der Waals surface area contributed by atoms with Crippen LogP contribution in [0, 0.1) is 0 Å². The van der Waals surface area contributed by atoms with Crippen LogP contribution in [0.15, 0.2) is 18.2 Å². The number of carbonyl (C=O) groups excluding carboxylic acids is 1. The third kappa shape index (κ3) is 5.65. The van der Waals surface area contributed by atoms with Gasteiger partial charge in [-0.25, -0.2) is 19.2 Å². The summed E-state index contributed by atoms with van der Waals surface area (Å²) in [6.45, 7) is 4.01. The number of methoxy groups -OCH3 is 2. The van der Waals surface area contributed by atoms with E-state index in [2.05, 4.69) is 5.32 Å². The van der Waals surface area contributed by atoms with Gasteiger partial charge in [0.15, 0.2) is 0 Å². The summed E-state index contributed by atoms with van der Waals surface area (Å²) >= 11 is 6.51. The van der Waals surface area contributed by atoms with Crippen molar-refractivity contribution in [2.75, 3.05) is 45.9 Å². The molecule has 1 aliphatic heterocycles. The number of nitrogens with one attached hydrogen (secondary N) is 1. The SMILES string of the molecule is CCc1nc(-c2ccc(OC)cc2Cl)c(CC)nc1NC1CN(C(=O)OC)CC1OCCF. The van der Waals surface area contributed by atoms with E-state index < -0.39 is 18.9 Å². The first-order valence-corrected chi connectivity index (χ1v) is 11.3. The molecular weight excluding hydrogens is 451 g/mol. The van der Waals surface area contributed by atoms with Crippen molar-refractivity contribution in [1.29, 1.82) is 0 Å². The Kier molecular flexibility index (Phi) is 8.68. The molecule has 1 aromatic carbocycles.